The molecular formula is C10H19NOS. The van der Waals surface area contributed by atoms with E-state index in [2.05, 4.69) is 5.32 Å². The van der Waals surface area contributed by atoms with Gasteiger partial charge in [-0.2, -0.15) is 11.8 Å². The minimum absolute atomic E-state index is 0.0877. The van der Waals surface area contributed by atoms with E-state index in [1.165, 1.54) is 37.2 Å². The molecule has 3 heteroatoms. The molecule has 2 heterocycles. The predicted molar refractivity (Wildman–Crippen MR) is 57.1 cm³/mol. The van der Waals surface area contributed by atoms with Crippen LogP contribution in [0.5, 0.6) is 0 Å². The van der Waals surface area contributed by atoms with Crippen molar-refractivity contribution in [1.29, 1.82) is 0 Å². The average Bonchev–Trinajstić information content (AvgIpc) is 2.71. The molecule has 0 aliphatic carbocycles. The van der Waals surface area contributed by atoms with Crippen molar-refractivity contribution in [2.45, 2.75) is 37.8 Å². The lowest BCUT2D eigenvalue weighted by molar-refractivity contribution is 0.0795. The molecule has 0 aromatic carbocycles. The number of aliphatic hydroxyl groups excluding tert-OH is 1. The van der Waals surface area contributed by atoms with E-state index in [1.807, 2.05) is 11.8 Å². The van der Waals surface area contributed by atoms with Gasteiger partial charge < -0.3 is 10.4 Å². The lowest BCUT2D eigenvalue weighted by atomic mass is 9.92. The number of hydrogen-bond acceptors (Lipinski definition) is 3. The van der Waals surface area contributed by atoms with Crippen LogP contribution in [-0.4, -0.2) is 35.3 Å². The van der Waals surface area contributed by atoms with Crippen molar-refractivity contribution in [2.75, 3.05) is 18.1 Å². The first-order valence-electron chi connectivity index (χ1n) is 5.37. The molecule has 76 valence electrons. The standard InChI is InChI=1S/C10H19NOS/c12-10(9-4-1-5-11-9)8-3-2-6-13-7-8/h8-12H,1-7H2. The smallest absolute Gasteiger partial charge is 0.0729 e. The van der Waals surface area contributed by atoms with Crippen LogP contribution in [0.3, 0.4) is 0 Å². The lowest BCUT2D eigenvalue weighted by Crippen LogP contribution is -2.41. The highest BCUT2D eigenvalue weighted by atomic mass is 32.2. The number of thioether (sulfide) groups is 1. The van der Waals surface area contributed by atoms with Crippen LogP contribution in [0.15, 0.2) is 0 Å². The normalized spacial score (nSPS) is 37.6. The van der Waals surface area contributed by atoms with Crippen molar-refractivity contribution in [1.82, 2.24) is 5.32 Å². The summed E-state index contributed by atoms with van der Waals surface area (Å²) in [7, 11) is 0. The van der Waals surface area contributed by atoms with Gasteiger partial charge in [-0.15, -0.1) is 0 Å². The second-order valence-electron chi connectivity index (χ2n) is 4.17. The summed E-state index contributed by atoms with van der Waals surface area (Å²) in [5.41, 5.74) is 0. The van der Waals surface area contributed by atoms with Crippen LogP contribution in [0.25, 0.3) is 0 Å². The maximum atomic E-state index is 10.1. The second kappa shape index (κ2) is 4.67. The molecule has 2 aliphatic rings. The van der Waals surface area contributed by atoms with Gasteiger partial charge in [0, 0.05) is 6.04 Å². The van der Waals surface area contributed by atoms with Crippen LogP contribution in [0.4, 0.5) is 0 Å². The fourth-order valence-electron chi connectivity index (χ4n) is 2.37. The van der Waals surface area contributed by atoms with Gasteiger partial charge in [0.25, 0.3) is 0 Å². The maximum Gasteiger partial charge on any atom is 0.0729 e. The zero-order chi connectivity index (χ0) is 9.10. The fraction of sp³-hybridized carbons (Fsp3) is 1.00. The molecule has 2 saturated heterocycles. The molecule has 2 fully saturated rings. The molecule has 13 heavy (non-hydrogen) atoms. The molecule has 0 amide bonds. The van der Waals surface area contributed by atoms with Gasteiger partial charge in [0.1, 0.15) is 0 Å². The molecule has 0 bridgehead atoms. The third-order valence-electron chi connectivity index (χ3n) is 3.19. The van der Waals surface area contributed by atoms with E-state index in [0.717, 1.165) is 6.54 Å². The summed E-state index contributed by atoms with van der Waals surface area (Å²) < 4.78 is 0. The summed E-state index contributed by atoms with van der Waals surface area (Å²) in [4.78, 5) is 0. The Balaban J connectivity index is 1.83. The first-order valence-corrected chi connectivity index (χ1v) is 6.52. The Morgan fingerprint density at radius 1 is 1.31 bits per heavy atom. The number of aliphatic hydroxyl groups is 1. The predicted octanol–water partition coefficient (Wildman–Crippen LogP) is 1.24. The van der Waals surface area contributed by atoms with Gasteiger partial charge in [-0.05, 0) is 49.7 Å². The van der Waals surface area contributed by atoms with Crippen LogP contribution < -0.4 is 5.32 Å². The Labute approximate surface area is 84.5 Å². The Hall–Kier alpha value is 0.270. The molecule has 0 radical (unpaired) electrons. The van der Waals surface area contributed by atoms with Crippen molar-refractivity contribution in [3.05, 3.63) is 0 Å². The first kappa shape index (κ1) is 9.81. The zero-order valence-corrected chi connectivity index (χ0v) is 8.85. The second-order valence-corrected chi connectivity index (χ2v) is 5.32. The van der Waals surface area contributed by atoms with E-state index in [0.29, 0.717) is 12.0 Å². The molecule has 0 aromatic heterocycles. The highest BCUT2D eigenvalue weighted by Gasteiger charge is 2.30. The van der Waals surface area contributed by atoms with Crippen molar-refractivity contribution < 1.29 is 5.11 Å². The van der Waals surface area contributed by atoms with Crippen molar-refractivity contribution in [3.8, 4) is 0 Å². The third kappa shape index (κ3) is 2.39. The van der Waals surface area contributed by atoms with Gasteiger partial charge in [-0.1, -0.05) is 0 Å². The highest BCUT2D eigenvalue weighted by molar-refractivity contribution is 7.99. The van der Waals surface area contributed by atoms with Gasteiger partial charge in [0.2, 0.25) is 0 Å². The zero-order valence-electron chi connectivity index (χ0n) is 8.04. The van der Waals surface area contributed by atoms with Gasteiger partial charge in [-0.25, -0.2) is 0 Å². The van der Waals surface area contributed by atoms with Gasteiger partial charge in [0.15, 0.2) is 0 Å². The fourth-order valence-corrected chi connectivity index (χ4v) is 3.57. The van der Waals surface area contributed by atoms with Crippen molar-refractivity contribution in [2.24, 2.45) is 5.92 Å². The molecule has 2 N–H and O–H groups in total. The molecule has 0 spiro atoms. The van der Waals surface area contributed by atoms with Crippen LogP contribution in [0, 0.1) is 5.92 Å². The van der Waals surface area contributed by atoms with E-state index in [-0.39, 0.29) is 6.10 Å². The molecule has 0 saturated carbocycles. The largest absolute Gasteiger partial charge is 0.391 e. The average molecular weight is 201 g/mol. The Bertz CT molecular complexity index is 153. The van der Waals surface area contributed by atoms with E-state index in [4.69, 9.17) is 0 Å². The topological polar surface area (TPSA) is 32.3 Å². The van der Waals surface area contributed by atoms with Gasteiger partial charge in [-0.3, -0.25) is 0 Å². The Morgan fingerprint density at radius 2 is 2.23 bits per heavy atom. The molecule has 2 nitrogen and oxygen atoms in total. The number of hydrogen-bond donors (Lipinski definition) is 2. The Kier molecular flexibility index (Phi) is 3.52. The van der Waals surface area contributed by atoms with Crippen molar-refractivity contribution >= 4 is 11.8 Å². The quantitative estimate of drug-likeness (QED) is 0.705. The summed E-state index contributed by atoms with van der Waals surface area (Å²) in [5.74, 6) is 3.01. The van der Waals surface area contributed by atoms with Crippen LogP contribution in [0.1, 0.15) is 25.7 Å². The van der Waals surface area contributed by atoms with Crippen molar-refractivity contribution in [3.63, 3.8) is 0 Å². The highest BCUT2D eigenvalue weighted by Crippen LogP contribution is 2.28. The SMILES string of the molecule is OC(C1CCCSC1)C1CCCN1. The van der Waals surface area contributed by atoms with E-state index >= 15 is 0 Å². The number of nitrogens with one attached hydrogen (secondary N) is 1. The van der Waals surface area contributed by atoms with Crippen LogP contribution in [0.2, 0.25) is 0 Å². The van der Waals surface area contributed by atoms with E-state index < -0.39 is 0 Å². The summed E-state index contributed by atoms with van der Waals surface area (Å²) in [6.45, 7) is 1.10. The van der Waals surface area contributed by atoms with Gasteiger partial charge >= 0.3 is 0 Å². The van der Waals surface area contributed by atoms with Gasteiger partial charge in [0.05, 0.1) is 6.10 Å². The van der Waals surface area contributed by atoms with E-state index in [1.54, 1.807) is 0 Å². The third-order valence-corrected chi connectivity index (χ3v) is 4.43. The molecule has 2 rings (SSSR count). The van der Waals surface area contributed by atoms with E-state index in [9.17, 15) is 5.11 Å². The summed E-state index contributed by atoms with van der Waals surface area (Å²) in [5, 5.41) is 13.5. The minimum Gasteiger partial charge on any atom is -0.391 e. The summed E-state index contributed by atoms with van der Waals surface area (Å²) in [6.07, 6.45) is 4.84. The monoisotopic (exact) mass is 201 g/mol. The lowest BCUT2D eigenvalue weighted by Gasteiger charge is -2.30. The molecular weight excluding hydrogens is 182 g/mol. The van der Waals surface area contributed by atoms with Crippen LogP contribution >= 0.6 is 11.8 Å². The molecule has 3 atom stereocenters. The molecule has 0 aromatic rings. The summed E-state index contributed by atoms with van der Waals surface area (Å²) >= 11 is 2.00. The number of rotatable bonds is 2. The first-order chi connectivity index (χ1) is 6.38. The molecule has 2 aliphatic heterocycles. The summed E-state index contributed by atoms with van der Waals surface area (Å²) in [6, 6.07) is 0.392. The minimum atomic E-state index is -0.0877. The molecule has 3 unspecified atom stereocenters. The Morgan fingerprint density at radius 3 is 2.85 bits per heavy atom. The maximum absolute atomic E-state index is 10.1. The van der Waals surface area contributed by atoms with Crippen LogP contribution in [-0.2, 0) is 0 Å².